The zero-order valence-corrected chi connectivity index (χ0v) is 45.2. The lowest BCUT2D eigenvalue weighted by atomic mass is 9.96. The molecule has 26 heteroatoms. The molecule has 18 N–H and O–H groups in total. The predicted molar refractivity (Wildman–Crippen MR) is 277 cm³/mol. The molecular formula is C49H86N14O12. The topological polar surface area (TPSA) is 437 Å². The number of carboxylic acid groups (broad SMARTS) is 1. The Labute approximate surface area is 439 Å². The molecule has 0 aliphatic heterocycles. The van der Waals surface area contributed by atoms with Gasteiger partial charge in [0.25, 0.3) is 0 Å². The summed E-state index contributed by atoms with van der Waals surface area (Å²) in [7, 11) is 0. The number of amides is 10. The number of carbonyl (C=O) groups is 11. The van der Waals surface area contributed by atoms with Crippen LogP contribution in [0.4, 0.5) is 0 Å². The molecule has 0 unspecified atom stereocenters. The number of aromatic amines is 1. The zero-order chi connectivity index (χ0) is 57.3. The van der Waals surface area contributed by atoms with Gasteiger partial charge in [-0.05, 0) is 68.2 Å². The number of aliphatic carboxylic acids is 1. The number of carbonyl (C=O) groups excluding carboxylic acids is 10. The van der Waals surface area contributed by atoms with Gasteiger partial charge in [-0.25, -0.2) is 9.78 Å². The zero-order valence-electron chi connectivity index (χ0n) is 45.2. The molecule has 0 aliphatic carbocycles. The molecule has 424 valence electrons. The van der Waals surface area contributed by atoms with E-state index in [2.05, 4.69) is 52.5 Å². The Balaban J connectivity index is 3.49. The first-order valence-electron chi connectivity index (χ1n) is 25.7. The number of nitrogens with one attached hydrogen (secondary N) is 9. The highest BCUT2D eigenvalue weighted by Gasteiger charge is 2.38. The van der Waals surface area contributed by atoms with Crippen molar-refractivity contribution in [3.63, 3.8) is 0 Å². The molecule has 1 heterocycles. The fourth-order valence-electron chi connectivity index (χ4n) is 7.74. The van der Waals surface area contributed by atoms with Gasteiger partial charge in [0, 0.05) is 18.3 Å². The highest BCUT2D eigenvalue weighted by atomic mass is 16.4. The van der Waals surface area contributed by atoms with E-state index in [9.17, 15) is 57.8 Å². The SMILES string of the molecule is CC[C@H](C)[C@H](NC(=O)[C@H](Cc1cnc[nH]1)NC(=O)[C@@H](NC(=O)[C@H](CC(N)=O)NC(=O)[C@@H](NC(=O)[C@H](CCCCN)NC(=O)[C@H](CC(C)C)NC(=O)[C@H](CC(C)C)NC(=O)[C@@H](N)CC(N)=O)C(C)C)[C@@H](C)CC)C(=O)O. The number of primary amides is 2. The first-order valence-corrected chi connectivity index (χ1v) is 25.7. The van der Waals surface area contributed by atoms with Crippen LogP contribution >= 0.6 is 0 Å². The summed E-state index contributed by atoms with van der Waals surface area (Å²) >= 11 is 0. The van der Waals surface area contributed by atoms with Gasteiger partial charge in [-0.3, -0.25) is 47.9 Å². The first-order chi connectivity index (χ1) is 35.1. The Morgan fingerprint density at radius 3 is 1.44 bits per heavy atom. The fourth-order valence-corrected chi connectivity index (χ4v) is 7.74. The lowest BCUT2D eigenvalue weighted by Gasteiger charge is -2.30. The molecule has 0 saturated carbocycles. The van der Waals surface area contributed by atoms with Gasteiger partial charge in [-0.1, -0.05) is 82.1 Å². The average Bonchev–Trinajstić information content (AvgIpc) is 3.84. The summed E-state index contributed by atoms with van der Waals surface area (Å²) in [5.41, 5.74) is 22.7. The Hall–Kier alpha value is -6.70. The number of hydrogen-bond donors (Lipinski definition) is 14. The van der Waals surface area contributed by atoms with Crippen molar-refractivity contribution in [2.45, 2.75) is 188 Å². The molecule has 0 aromatic carbocycles. The van der Waals surface area contributed by atoms with Crippen LogP contribution in [0.2, 0.25) is 0 Å². The first kappa shape index (κ1) is 66.3. The van der Waals surface area contributed by atoms with Crippen molar-refractivity contribution >= 4 is 65.0 Å². The summed E-state index contributed by atoms with van der Waals surface area (Å²) in [5, 5.41) is 30.6. The maximum absolute atomic E-state index is 14.2. The average molecular weight is 1060 g/mol. The number of H-pyrrole nitrogens is 1. The van der Waals surface area contributed by atoms with Gasteiger partial charge >= 0.3 is 5.97 Å². The molecule has 0 aliphatic rings. The van der Waals surface area contributed by atoms with Gasteiger partial charge < -0.3 is 75.6 Å². The summed E-state index contributed by atoms with van der Waals surface area (Å²) in [6, 6.07) is -12.1. The van der Waals surface area contributed by atoms with Crippen LogP contribution in [-0.4, -0.2) is 141 Å². The summed E-state index contributed by atoms with van der Waals surface area (Å²) in [5.74, 6) is -11.8. The molecule has 1 aromatic rings. The molecular weight excluding hydrogens is 977 g/mol. The third-order valence-electron chi connectivity index (χ3n) is 12.5. The highest BCUT2D eigenvalue weighted by molar-refractivity contribution is 5.99. The van der Waals surface area contributed by atoms with Crippen molar-refractivity contribution in [3.05, 3.63) is 18.2 Å². The molecule has 1 aromatic heterocycles. The molecule has 0 fully saturated rings. The van der Waals surface area contributed by atoms with E-state index >= 15 is 0 Å². The summed E-state index contributed by atoms with van der Waals surface area (Å²) in [6.45, 7) is 17.5. The van der Waals surface area contributed by atoms with E-state index < -0.39 is 150 Å². The maximum Gasteiger partial charge on any atom is 0.326 e. The molecule has 26 nitrogen and oxygen atoms in total. The van der Waals surface area contributed by atoms with Crippen LogP contribution in [0, 0.1) is 29.6 Å². The molecule has 75 heavy (non-hydrogen) atoms. The van der Waals surface area contributed by atoms with Gasteiger partial charge in [-0.15, -0.1) is 0 Å². The van der Waals surface area contributed by atoms with Gasteiger partial charge in [0.15, 0.2) is 0 Å². The maximum atomic E-state index is 14.2. The van der Waals surface area contributed by atoms with E-state index in [1.165, 1.54) is 12.5 Å². The van der Waals surface area contributed by atoms with Crippen LogP contribution in [0.15, 0.2) is 12.5 Å². The van der Waals surface area contributed by atoms with Crippen molar-refractivity contribution in [2.75, 3.05) is 6.54 Å². The Kier molecular flexibility index (Phi) is 29.4. The van der Waals surface area contributed by atoms with Gasteiger partial charge in [0.1, 0.15) is 48.3 Å². The van der Waals surface area contributed by atoms with Crippen LogP contribution in [0.5, 0.6) is 0 Å². The van der Waals surface area contributed by atoms with E-state index in [4.69, 9.17) is 22.9 Å². The van der Waals surface area contributed by atoms with Gasteiger partial charge in [-0.2, -0.15) is 0 Å². The lowest BCUT2D eigenvalue weighted by molar-refractivity contribution is -0.144. The minimum atomic E-state index is -1.69. The largest absolute Gasteiger partial charge is 0.480 e. The smallest absolute Gasteiger partial charge is 0.326 e. The second-order valence-corrected chi connectivity index (χ2v) is 20.4. The second-order valence-electron chi connectivity index (χ2n) is 20.4. The number of imidazole rings is 1. The van der Waals surface area contributed by atoms with Crippen molar-refractivity contribution in [2.24, 2.45) is 52.5 Å². The molecule has 1 rings (SSSR count). The van der Waals surface area contributed by atoms with E-state index in [1.807, 2.05) is 13.8 Å². The van der Waals surface area contributed by atoms with Crippen molar-refractivity contribution in [3.8, 4) is 0 Å². The second kappa shape index (κ2) is 33.3. The third kappa shape index (κ3) is 24.0. The van der Waals surface area contributed by atoms with Crippen LogP contribution in [0.1, 0.15) is 133 Å². The Morgan fingerprint density at radius 1 is 0.547 bits per heavy atom. The number of nitrogens with two attached hydrogens (primary N) is 4. The molecule has 0 saturated heterocycles. The predicted octanol–water partition coefficient (Wildman–Crippen LogP) is -2.04. The van der Waals surface area contributed by atoms with Crippen LogP contribution in [0.3, 0.4) is 0 Å². The van der Waals surface area contributed by atoms with Crippen LogP contribution in [-0.2, 0) is 59.2 Å². The van der Waals surface area contributed by atoms with Gasteiger partial charge in [0.2, 0.25) is 59.1 Å². The quantitative estimate of drug-likeness (QED) is 0.0322. The van der Waals surface area contributed by atoms with Crippen molar-refractivity contribution in [1.82, 2.24) is 52.5 Å². The number of hydrogen-bond acceptors (Lipinski definition) is 14. The summed E-state index contributed by atoms with van der Waals surface area (Å²) < 4.78 is 0. The fraction of sp³-hybridized carbons (Fsp3) is 0.714. The summed E-state index contributed by atoms with van der Waals surface area (Å²) in [6.07, 6.45) is 3.25. The minimum Gasteiger partial charge on any atom is -0.480 e. The van der Waals surface area contributed by atoms with E-state index in [0.29, 0.717) is 31.4 Å². The monoisotopic (exact) mass is 1060 g/mol. The Bertz CT molecular complexity index is 2070. The van der Waals surface area contributed by atoms with E-state index in [-0.39, 0.29) is 44.1 Å². The third-order valence-corrected chi connectivity index (χ3v) is 12.5. The number of carboxylic acids is 1. The normalized spacial score (nSPS) is 15.8. The molecule has 0 spiro atoms. The highest BCUT2D eigenvalue weighted by Crippen LogP contribution is 2.15. The van der Waals surface area contributed by atoms with Crippen molar-refractivity contribution < 1.29 is 57.8 Å². The standard InChI is InChI=1S/C49H86N14O12/c1-11-27(9)39(48(73)59-34(19-29-22-54-23-55-29)45(70)63-40(49(74)75)28(10)12-2)62-46(71)35(21-37(53)65)60-47(72)38(26(7)8)61-42(67)31(15-13-14-16-50)56-43(68)33(18-25(5)6)58-44(69)32(17-24(3)4)57-41(66)30(51)20-36(52)64/h22-28,30-35,38-40H,11-21,50-51H2,1-10H3,(H2,52,64)(H2,53,65)(H,54,55)(H,56,68)(H,57,66)(H,58,69)(H,59,73)(H,60,72)(H,61,67)(H,62,71)(H,63,70)(H,74,75)/t27-,28-,30-,31-,32-,33-,34-,35-,38-,39-,40-/m0/s1. The van der Waals surface area contributed by atoms with E-state index in [0.717, 1.165) is 0 Å². The number of rotatable bonds is 36. The molecule has 10 amide bonds. The van der Waals surface area contributed by atoms with Crippen molar-refractivity contribution in [1.29, 1.82) is 0 Å². The Morgan fingerprint density at radius 2 is 0.973 bits per heavy atom. The number of unbranched alkanes of at least 4 members (excludes halogenated alkanes) is 1. The van der Waals surface area contributed by atoms with Crippen LogP contribution in [0.25, 0.3) is 0 Å². The molecule has 0 bridgehead atoms. The number of aromatic nitrogens is 2. The molecule has 0 radical (unpaired) electrons. The van der Waals surface area contributed by atoms with E-state index in [1.54, 1.807) is 55.4 Å². The van der Waals surface area contributed by atoms with Crippen LogP contribution < -0.4 is 65.5 Å². The summed E-state index contributed by atoms with van der Waals surface area (Å²) in [4.78, 5) is 153. The minimum absolute atomic E-state index is 0.0432. The molecule has 11 atom stereocenters. The van der Waals surface area contributed by atoms with Gasteiger partial charge in [0.05, 0.1) is 25.2 Å². The lowest BCUT2D eigenvalue weighted by Crippen LogP contribution is -2.62. The number of nitrogens with zero attached hydrogens (tertiary/aromatic N) is 1.